The molecular weight excluding hydrogens is 329 g/mol. The summed E-state index contributed by atoms with van der Waals surface area (Å²) in [7, 11) is 1.61. The van der Waals surface area contributed by atoms with Gasteiger partial charge < -0.3 is 9.47 Å². The summed E-state index contributed by atoms with van der Waals surface area (Å²) in [5.74, 6) is 0. The van der Waals surface area contributed by atoms with Crippen molar-refractivity contribution in [1.29, 1.82) is 0 Å². The summed E-state index contributed by atoms with van der Waals surface area (Å²) in [6, 6.07) is 0. The molecule has 1 aliphatic heterocycles. The number of hydrogen-bond acceptors (Lipinski definition) is 2. The molecule has 23 heavy (non-hydrogen) atoms. The number of ether oxygens (including phenoxy) is 2. The molecule has 1 heterocycles. The van der Waals surface area contributed by atoms with Gasteiger partial charge in [0.15, 0.2) is 0 Å². The van der Waals surface area contributed by atoms with E-state index in [1.54, 1.807) is 13.2 Å². The van der Waals surface area contributed by atoms with Crippen LogP contribution in [-0.4, -0.2) is 39.0 Å². The van der Waals surface area contributed by atoms with Crippen LogP contribution in [0.2, 0.25) is 0 Å². The van der Waals surface area contributed by atoms with Gasteiger partial charge >= 0.3 is 6.18 Å². The van der Waals surface area contributed by atoms with Gasteiger partial charge in [-0.1, -0.05) is 29.9 Å². The van der Waals surface area contributed by atoms with Gasteiger partial charge in [-0.2, -0.15) is 13.2 Å². The van der Waals surface area contributed by atoms with Crippen LogP contribution >= 0.6 is 11.6 Å². The maximum absolute atomic E-state index is 12.9. The van der Waals surface area contributed by atoms with E-state index in [2.05, 4.69) is 11.6 Å². The van der Waals surface area contributed by atoms with Crippen LogP contribution in [0.4, 0.5) is 13.2 Å². The number of alkyl halides is 4. The van der Waals surface area contributed by atoms with Crippen LogP contribution in [0.1, 0.15) is 32.6 Å². The predicted octanol–water partition coefficient (Wildman–Crippen LogP) is 5.44. The second kappa shape index (κ2) is 12.6. The van der Waals surface area contributed by atoms with Gasteiger partial charge in [0.2, 0.25) is 0 Å². The highest BCUT2D eigenvalue weighted by Crippen LogP contribution is 2.29. The molecule has 0 saturated carbocycles. The van der Waals surface area contributed by atoms with E-state index in [4.69, 9.17) is 9.47 Å². The van der Waals surface area contributed by atoms with Crippen LogP contribution in [0, 0.1) is 0 Å². The molecule has 2 nitrogen and oxygen atoms in total. The van der Waals surface area contributed by atoms with E-state index in [1.165, 1.54) is 6.38 Å². The normalized spacial score (nSPS) is 27.3. The summed E-state index contributed by atoms with van der Waals surface area (Å²) in [6.07, 6.45) is 5.90. The maximum atomic E-state index is 12.9. The second-order valence-electron chi connectivity index (χ2n) is 5.11. The van der Waals surface area contributed by atoms with Crippen molar-refractivity contribution in [3.05, 3.63) is 35.5 Å². The zero-order valence-electron chi connectivity index (χ0n) is 14.0. The van der Waals surface area contributed by atoms with Gasteiger partial charge in [-0.3, -0.25) is 0 Å². The van der Waals surface area contributed by atoms with Crippen LogP contribution in [0.25, 0.3) is 0 Å². The molecule has 0 bridgehead atoms. The van der Waals surface area contributed by atoms with Crippen molar-refractivity contribution in [2.45, 2.75) is 44.9 Å². The molecule has 134 valence electrons. The van der Waals surface area contributed by atoms with Crippen molar-refractivity contribution in [2.75, 3.05) is 26.7 Å². The highest BCUT2D eigenvalue weighted by Gasteiger charge is 2.32. The Hall–Kier alpha value is -0.780. The van der Waals surface area contributed by atoms with Crippen LogP contribution in [0.3, 0.4) is 0 Å². The Balaban J connectivity index is 0.00000232. The third kappa shape index (κ3) is 10.6. The summed E-state index contributed by atoms with van der Waals surface area (Å²) in [5.41, 5.74) is 0.493. The Morgan fingerprint density at radius 1 is 1.22 bits per heavy atom. The lowest BCUT2D eigenvalue weighted by atomic mass is 10.1. The van der Waals surface area contributed by atoms with E-state index in [1.807, 2.05) is 19.1 Å². The van der Waals surface area contributed by atoms with Crippen molar-refractivity contribution in [3.63, 3.8) is 0 Å². The van der Waals surface area contributed by atoms with Gasteiger partial charge in [-0.25, -0.2) is 0 Å². The van der Waals surface area contributed by atoms with E-state index in [0.29, 0.717) is 13.0 Å². The standard InChI is InChI=1S/C16H23F3O2.CH3Cl/c1-13-6-5-9-15(20-2)8-4-3-7-14(16(17,18)19)10-11-21-12-13;1-2/h4,6,8,10,15H,3,5,7,9,11-12H2,1-2H3;1H3/b8-4+,13-6-,14-10+;. The molecule has 0 fully saturated rings. The van der Waals surface area contributed by atoms with Gasteiger partial charge in [0.1, 0.15) is 0 Å². The first-order valence-electron chi connectivity index (χ1n) is 7.50. The van der Waals surface area contributed by atoms with Gasteiger partial charge in [0.25, 0.3) is 0 Å². The van der Waals surface area contributed by atoms with Gasteiger partial charge in [0, 0.05) is 19.1 Å². The fraction of sp³-hybridized carbons (Fsp3) is 0.647. The number of halogens is 4. The molecule has 0 aromatic heterocycles. The molecular formula is C17H26ClF3O2. The van der Waals surface area contributed by atoms with Crippen molar-refractivity contribution >= 4 is 11.6 Å². The van der Waals surface area contributed by atoms with E-state index >= 15 is 0 Å². The predicted molar refractivity (Wildman–Crippen MR) is 88.9 cm³/mol. The number of rotatable bonds is 1. The van der Waals surface area contributed by atoms with E-state index < -0.39 is 11.7 Å². The first kappa shape index (κ1) is 22.2. The lowest BCUT2D eigenvalue weighted by Gasteiger charge is -2.13. The number of methoxy groups -OCH3 is 1. The molecule has 1 aliphatic rings. The molecule has 0 aliphatic carbocycles. The molecule has 1 rings (SSSR count). The lowest BCUT2D eigenvalue weighted by Crippen LogP contribution is -2.13. The SMILES string of the molecule is CCl.COC1/C=C/CC/C(C(F)(F)F)=C\COC/C(C)=C\CC1. The van der Waals surface area contributed by atoms with Crippen LogP contribution in [0.5, 0.6) is 0 Å². The lowest BCUT2D eigenvalue weighted by molar-refractivity contribution is -0.0945. The fourth-order valence-corrected chi connectivity index (χ4v) is 2.07. The number of allylic oxidation sites excluding steroid dienone is 3. The molecule has 1 unspecified atom stereocenters. The summed E-state index contributed by atoms with van der Waals surface area (Å²) < 4.78 is 49.1. The molecule has 0 amide bonds. The maximum Gasteiger partial charge on any atom is 0.412 e. The summed E-state index contributed by atoms with van der Waals surface area (Å²) in [5, 5.41) is 0. The van der Waals surface area contributed by atoms with E-state index in [0.717, 1.165) is 24.5 Å². The van der Waals surface area contributed by atoms with E-state index in [-0.39, 0.29) is 19.1 Å². The van der Waals surface area contributed by atoms with Gasteiger partial charge in [-0.05, 0) is 32.6 Å². The largest absolute Gasteiger partial charge is 0.412 e. The van der Waals surface area contributed by atoms with Crippen LogP contribution < -0.4 is 0 Å². The summed E-state index contributed by atoms with van der Waals surface area (Å²) in [6.45, 7) is 2.26. The molecule has 0 aromatic carbocycles. The topological polar surface area (TPSA) is 18.5 Å². The minimum Gasteiger partial charge on any atom is -0.377 e. The summed E-state index contributed by atoms with van der Waals surface area (Å²) >= 11 is 4.64. The Morgan fingerprint density at radius 3 is 2.52 bits per heavy atom. The molecule has 0 radical (unpaired) electrons. The monoisotopic (exact) mass is 354 g/mol. The van der Waals surface area contributed by atoms with Crippen molar-refractivity contribution in [1.82, 2.24) is 0 Å². The Labute approximate surface area is 142 Å². The highest BCUT2D eigenvalue weighted by atomic mass is 35.5. The first-order valence-corrected chi connectivity index (χ1v) is 8.26. The van der Waals surface area contributed by atoms with Crippen molar-refractivity contribution < 1.29 is 22.6 Å². The van der Waals surface area contributed by atoms with Gasteiger partial charge in [0.05, 0.1) is 19.3 Å². The second-order valence-corrected chi connectivity index (χ2v) is 5.11. The minimum absolute atomic E-state index is 0.00949. The minimum atomic E-state index is -4.29. The third-order valence-electron chi connectivity index (χ3n) is 3.32. The quantitative estimate of drug-likeness (QED) is 0.461. The Kier molecular flexibility index (Phi) is 12.2. The van der Waals surface area contributed by atoms with Crippen LogP contribution in [-0.2, 0) is 9.47 Å². The molecule has 1 atom stereocenters. The number of hydrogen-bond donors (Lipinski definition) is 0. The Bertz CT molecular complexity index is 401. The highest BCUT2D eigenvalue weighted by molar-refractivity contribution is 6.15. The molecule has 0 aromatic rings. The van der Waals surface area contributed by atoms with Gasteiger partial charge in [-0.15, -0.1) is 11.6 Å². The first-order chi connectivity index (χ1) is 10.9. The average molecular weight is 355 g/mol. The summed E-state index contributed by atoms with van der Waals surface area (Å²) in [4.78, 5) is 0. The average Bonchev–Trinajstić information content (AvgIpc) is 2.51. The molecule has 6 heteroatoms. The van der Waals surface area contributed by atoms with Crippen LogP contribution in [0.15, 0.2) is 35.5 Å². The zero-order chi connectivity index (χ0) is 17.7. The fourth-order valence-electron chi connectivity index (χ4n) is 2.07. The molecule has 0 N–H and O–H groups in total. The van der Waals surface area contributed by atoms with E-state index in [9.17, 15) is 13.2 Å². The Morgan fingerprint density at radius 2 is 1.91 bits per heavy atom. The van der Waals surface area contributed by atoms with Crippen molar-refractivity contribution in [2.24, 2.45) is 0 Å². The third-order valence-corrected chi connectivity index (χ3v) is 3.32. The smallest absolute Gasteiger partial charge is 0.377 e. The zero-order valence-corrected chi connectivity index (χ0v) is 14.7. The molecule has 0 spiro atoms. The molecule has 0 saturated heterocycles. The van der Waals surface area contributed by atoms with Crippen molar-refractivity contribution in [3.8, 4) is 0 Å².